The van der Waals surface area contributed by atoms with Crippen molar-refractivity contribution in [3.63, 3.8) is 0 Å². The molecule has 2 saturated heterocycles. The lowest BCUT2D eigenvalue weighted by Gasteiger charge is -2.34. The third kappa shape index (κ3) is 4.19. The van der Waals surface area contributed by atoms with E-state index in [1.54, 1.807) is 4.90 Å². The van der Waals surface area contributed by atoms with E-state index >= 15 is 0 Å². The van der Waals surface area contributed by atoms with Crippen molar-refractivity contribution in [3.8, 4) is 0 Å². The molecule has 2 amide bonds. The van der Waals surface area contributed by atoms with Gasteiger partial charge < -0.3 is 15.1 Å². The van der Waals surface area contributed by atoms with Crippen LogP contribution in [0.2, 0.25) is 0 Å². The predicted octanol–water partition coefficient (Wildman–Crippen LogP) is 0.785. The van der Waals surface area contributed by atoms with Crippen molar-refractivity contribution in [3.05, 3.63) is 35.4 Å². The molecule has 0 saturated carbocycles. The fraction of sp³-hybridized carbons (Fsp3) is 0.579. The van der Waals surface area contributed by atoms with E-state index in [0.717, 1.165) is 32.7 Å². The van der Waals surface area contributed by atoms with Gasteiger partial charge in [-0.25, -0.2) is 0 Å². The molecule has 3 rings (SSSR count). The molecular formula is C19H28N4O2. The lowest BCUT2D eigenvalue weighted by Crippen LogP contribution is -2.56. The Morgan fingerprint density at radius 3 is 2.44 bits per heavy atom. The summed E-state index contributed by atoms with van der Waals surface area (Å²) >= 11 is 0. The van der Waals surface area contributed by atoms with Crippen LogP contribution in [-0.2, 0) is 11.3 Å². The van der Waals surface area contributed by atoms with Crippen molar-refractivity contribution >= 4 is 11.8 Å². The quantitative estimate of drug-likeness (QED) is 0.877. The average Bonchev–Trinajstić information content (AvgIpc) is 2.63. The summed E-state index contributed by atoms with van der Waals surface area (Å²) in [5, 5.41) is 2.84. The second kappa shape index (κ2) is 7.97. The van der Waals surface area contributed by atoms with Gasteiger partial charge in [-0.1, -0.05) is 19.1 Å². The van der Waals surface area contributed by atoms with Crippen LogP contribution in [-0.4, -0.2) is 78.9 Å². The maximum atomic E-state index is 12.8. The average molecular weight is 344 g/mol. The Bertz CT molecular complexity index is 608. The largest absolute Gasteiger partial charge is 0.353 e. The molecule has 6 nitrogen and oxygen atoms in total. The molecule has 1 N–H and O–H groups in total. The van der Waals surface area contributed by atoms with Crippen LogP contribution < -0.4 is 5.32 Å². The van der Waals surface area contributed by atoms with Crippen LogP contribution in [0.3, 0.4) is 0 Å². The van der Waals surface area contributed by atoms with E-state index in [1.165, 1.54) is 5.56 Å². The number of hydrogen-bond acceptors (Lipinski definition) is 4. The third-order valence-corrected chi connectivity index (χ3v) is 5.18. The Morgan fingerprint density at radius 1 is 1.12 bits per heavy atom. The molecule has 136 valence electrons. The molecule has 1 aromatic carbocycles. The van der Waals surface area contributed by atoms with Crippen LogP contribution in [0.15, 0.2) is 24.3 Å². The number of piperazine rings is 2. The highest BCUT2D eigenvalue weighted by Crippen LogP contribution is 2.15. The van der Waals surface area contributed by atoms with Gasteiger partial charge >= 0.3 is 0 Å². The molecular weight excluding hydrogens is 316 g/mol. The molecule has 1 atom stereocenters. The highest BCUT2D eigenvalue weighted by atomic mass is 16.2. The topological polar surface area (TPSA) is 55.9 Å². The number of nitrogens with one attached hydrogen (secondary N) is 1. The van der Waals surface area contributed by atoms with E-state index in [-0.39, 0.29) is 17.9 Å². The Balaban J connectivity index is 1.63. The number of carbonyl (C=O) groups excluding carboxylic acids is 2. The van der Waals surface area contributed by atoms with E-state index in [9.17, 15) is 9.59 Å². The summed E-state index contributed by atoms with van der Waals surface area (Å²) < 4.78 is 0. The van der Waals surface area contributed by atoms with E-state index in [4.69, 9.17) is 0 Å². The van der Waals surface area contributed by atoms with Crippen molar-refractivity contribution < 1.29 is 9.59 Å². The van der Waals surface area contributed by atoms with Gasteiger partial charge in [0, 0.05) is 51.4 Å². The highest BCUT2D eigenvalue weighted by Gasteiger charge is 2.32. The molecule has 0 unspecified atom stereocenters. The minimum absolute atomic E-state index is 0.0474. The number of nitrogens with zero attached hydrogens (tertiary/aromatic N) is 3. The van der Waals surface area contributed by atoms with Gasteiger partial charge in [-0.2, -0.15) is 0 Å². The van der Waals surface area contributed by atoms with Crippen molar-refractivity contribution in [1.29, 1.82) is 0 Å². The second-order valence-electron chi connectivity index (χ2n) is 6.99. The molecule has 1 aromatic rings. The molecule has 25 heavy (non-hydrogen) atoms. The Labute approximate surface area is 149 Å². The van der Waals surface area contributed by atoms with Gasteiger partial charge in [-0.15, -0.1) is 0 Å². The van der Waals surface area contributed by atoms with Gasteiger partial charge in [0.25, 0.3) is 5.91 Å². The molecule has 2 aliphatic heterocycles. The summed E-state index contributed by atoms with van der Waals surface area (Å²) in [6.45, 7) is 8.34. The van der Waals surface area contributed by atoms with Gasteiger partial charge in [-0.3, -0.25) is 14.5 Å². The first kappa shape index (κ1) is 17.9. The molecule has 0 aliphatic carbocycles. The van der Waals surface area contributed by atoms with Crippen LogP contribution in [0.4, 0.5) is 0 Å². The molecule has 6 heteroatoms. The number of rotatable bonds is 4. The predicted molar refractivity (Wildman–Crippen MR) is 97.3 cm³/mol. The Morgan fingerprint density at radius 2 is 1.80 bits per heavy atom. The van der Waals surface area contributed by atoms with E-state index in [1.807, 2.05) is 31.2 Å². The molecule has 2 fully saturated rings. The van der Waals surface area contributed by atoms with Gasteiger partial charge in [0.15, 0.2) is 0 Å². The Kier molecular flexibility index (Phi) is 5.71. The lowest BCUT2D eigenvalue weighted by molar-refractivity contribution is -0.127. The first-order chi connectivity index (χ1) is 12.1. The van der Waals surface area contributed by atoms with Crippen molar-refractivity contribution in [2.75, 3.05) is 46.3 Å². The molecule has 2 heterocycles. The summed E-state index contributed by atoms with van der Waals surface area (Å²) in [5.74, 6) is -0.0957. The van der Waals surface area contributed by atoms with Crippen molar-refractivity contribution in [2.24, 2.45) is 0 Å². The van der Waals surface area contributed by atoms with Gasteiger partial charge in [0.2, 0.25) is 5.91 Å². The first-order valence-electron chi connectivity index (χ1n) is 9.17. The second-order valence-corrected chi connectivity index (χ2v) is 6.99. The Hall–Kier alpha value is -1.92. The van der Waals surface area contributed by atoms with E-state index in [0.29, 0.717) is 25.1 Å². The van der Waals surface area contributed by atoms with Crippen LogP contribution in [0.5, 0.6) is 0 Å². The summed E-state index contributed by atoms with van der Waals surface area (Å²) in [6.07, 6.45) is 0.638. The lowest BCUT2D eigenvalue weighted by atomic mass is 10.1. The minimum Gasteiger partial charge on any atom is -0.353 e. The summed E-state index contributed by atoms with van der Waals surface area (Å²) in [5.41, 5.74) is 1.89. The molecule has 0 bridgehead atoms. The zero-order valence-electron chi connectivity index (χ0n) is 15.2. The van der Waals surface area contributed by atoms with E-state index in [2.05, 4.69) is 22.2 Å². The summed E-state index contributed by atoms with van der Waals surface area (Å²) in [7, 11) is 2.15. The molecule has 0 radical (unpaired) electrons. The maximum Gasteiger partial charge on any atom is 0.254 e. The molecule has 0 spiro atoms. The number of hydrogen-bond donors (Lipinski definition) is 1. The normalized spacial score (nSPS) is 22.7. The first-order valence-corrected chi connectivity index (χ1v) is 9.17. The smallest absolute Gasteiger partial charge is 0.254 e. The molecule has 2 aliphatic rings. The fourth-order valence-electron chi connectivity index (χ4n) is 3.55. The monoisotopic (exact) mass is 344 g/mol. The van der Waals surface area contributed by atoms with E-state index < -0.39 is 0 Å². The van der Waals surface area contributed by atoms with Crippen LogP contribution in [0.1, 0.15) is 29.3 Å². The van der Waals surface area contributed by atoms with Crippen LogP contribution in [0.25, 0.3) is 0 Å². The standard InChI is InChI=1S/C19H28N4O2/c1-3-17-18(24)20-8-9-23(17)19(25)16-6-4-15(5-7-16)14-22-12-10-21(2)11-13-22/h4-7,17H,3,8-14H2,1-2H3,(H,20,24)/t17-/m0/s1. The van der Waals surface area contributed by atoms with Gasteiger partial charge in [-0.05, 0) is 31.2 Å². The number of likely N-dealkylation sites (N-methyl/N-ethyl adjacent to an activating group) is 1. The number of benzene rings is 1. The number of amides is 2. The zero-order chi connectivity index (χ0) is 17.8. The fourth-order valence-corrected chi connectivity index (χ4v) is 3.55. The van der Waals surface area contributed by atoms with Crippen LogP contribution >= 0.6 is 0 Å². The van der Waals surface area contributed by atoms with Crippen molar-refractivity contribution in [2.45, 2.75) is 25.9 Å². The minimum atomic E-state index is -0.355. The zero-order valence-corrected chi connectivity index (χ0v) is 15.2. The van der Waals surface area contributed by atoms with Gasteiger partial charge in [0.1, 0.15) is 6.04 Å². The van der Waals surface area contributed by atoms with Crippen LogP contribution in [0, 0.1) is 0 Å². The highest BCUT2D eigenvalue weighted by molar-refractivity contribution is 5.98. The maximum absolute atomic E-state index is 12.8. The summed E-state index contributed by atoms with van der Waals surface area (Å²) in [4.78, 5) is 31.2. The molecule has 0 aromatic heterocycles. The van der Waals surface area contributed by atoms with Gasteiger partial charge in [0.05, 0.1) is 0 Å². The summed E-state index contributed by atoms with van der Waals surface area (Å²) in [6, 6.07) is 7.51. The van der Waals surface area contributed by atoms with Crippen molar-refractivity contribution in [1.82, 2.24) is 20.0 Å². The SMILES string of the molecule is CC[C@H]1C(=O)NCCN1C(=O)c1ccc(CN2CCN(C)CC2)cc1. The number of carbonyl (C=O) groups is 2. The third-order valence-electron chi connectivity index (χ3n) is 5.18.